The van der Waals surface area contributed by atoms with Crippen molar-refractivity contribution in [2.24, 2.45) is 0 Å². The summed E-state index contributed by atoms with van der Waals surface area (Å²) in [6.45, 7) is 9.57. The van der Waals surface area contributed by atoms with Crippen LogP contribution in [0.4, 0.5) is 4.79 Å². The largest absolute Gasteiger partial charge is 0.444 e. The highest BCUT2D eigenvalue weighted by Crippen LogP contribution is 2.27. The van der Waals surface area contributed by atoms with Crippen molar-refractivity contribution in [1.82, 2.24) is 14.8 Å². The minimum atomic E-state index is -0.457. The molecule has 1 aliphatic heterocycles. The SMILES string of the molecule is CC(C)(C)OC(=O)N1CCN(Cc2ccc(-c3nc4ccc(Br)cc4o3)cc2)CC1. The van der Waals surface area contributed by atoms with E-state index in [-0.39, 0.29) is 6.09 Å². The first kappa shape index (κ1) is 20.9. The average Bonchev–Trinajstić information content (AvgIpc) is 3.11. The minimum Gasteiger partial charge on any atom is -0.444 e. The van der Waals surface area contributed by atoms with E-state index in [4.69, 9.17) is 9.15 Å². The third-order valence-electron chi connectivity index (χ3n) is 4.98. The van der Waals surface area contributed by atoms with E-state index in [1.165, 1.54) is 5.56 Å². The van der Waals surface area contributed by atoms with Crippen LogP contribution in [0.25, 0.3) is 22.6 Å². The summed E-state index contributed by atoms with van der Waals surface area (Å²) in [5.74, 6) is 0.626. The van der Waals surface area contributed by atoms with E-state index in [9.17, 15) is 4.79 Å². The number of halogens is 1. The Kier molecular flexibility index (Phi) is 5.84. The number of piperazine rings is 1. The Morgan fingerprint density at radius 1 is 1.10 bits per heavy atom. The van der Waals surface area contributed by atoms with Crippen molar-refractivity contribution < 1.29 is 13.9 Å². The Morgan fingerprint density at radius 3 is 2.47 bits per heavy atom. The summed E-state index contributed by atoms with van der Waals surface area (Å²) in [6, 6.07) is 14.1. The van der Waals surface area contributed by atoms with Gasteiger partial charge in [-0.3, -0.25) is 4.90 Å². The van der Waals surface area contributed by atoms with Crippen molar-refractivity contribution in [3.05, 3.63) is 52.5 Å². The van der Waals surface area contributed by atoms with Crippen LogP contribution in [-0.2, 0) is 11.3 Å². The third kappa shape index (κ3) is 5.02. The van der Waals surface area contributed by atoms with Crippen molar-refractivity contribution in [2.75, 3.05) is 26.2 Å². The van der Waals surface area contributed by atoms with Crippen LogP contribution >= 0.6 is 15.9 Å². The quantitative estimate of drug-likeness (QED) is 0.517. The van der Waals surface area contributed by atoms with Gasteiger partial charge in [0.05, 0.1) is 0 Å². The molecule has 2 aromatic carbocycles. The summed E-state index contributed by atoms with van der Waals surface area (Å²) in [6.07, 6.45) is -0.225. The molecule has 3 aromatic rings. The van der Waals surface area contributed by atoms with E-state index in [0.29, 0.717) is 19.0 Å². The van der Waals surface area contributed by atoms with Crippen LogP contribution in [0.5, 0.6) is 0 Å². The first-order valence-corrected chi connectivity index (χ1v) is 10.9. The van der Waals surface area contributed by atoms with Gasteiger partial charge in [-0.25, -0.2) is 9.78 Å². The molecule has 4 rings (SSSR count). The minimum absolute atomic E-state index is 0.225. The van der Waals surface area contributed by atoms with E-state index >= 15 is 0 Å². The normalized spacial score (nSPS) is 15.5. The fourth-order valence-corrected chi connectivity index (χ4v) is 3.79. The number of hydrogen-bond acceptors (Lipinski definition) is 5. The van der Waals surface area contributed by atoms with Gasteiger partial charge in [0.1, 0.15) is 11.1 Å². The highest BCUT2D eigenvalue weighted by molar-refractivity contribution is 9.10. The monoisotopic (exact) mass is 471 g/mol. The molecule has 158 valence electrons. The topological polar surface area (TPSA) is 58.8 Å². The third-order valence-corrected chi connectivity index (χ3v) is 5.47. The van der Waals surface area contributed by atoms with Gasteiger partial charge >= 0.3 is 6.09 Å². The van der Waals surface area contributed by atoms with Gasteiger partial charge in [0.15, 0.2) is 5.58 Å². The molecule has 30 heavy (non-hydrogen) atoms. The Hall–Kier alpha value is -2.38. The lowest BCUT2D eigenvalue weighted by molar-refractivity contribution is 0.0139. The number of oxazole rings is 1. The van der Waals surface area contributed by atoms with Crippen LogP contribution in [-0.4, -0.2) is 52.7 Å². The van der Waals surface area contributed by atoms with E-state index in [1.807, 2.05) is 51.1 Å². The van der Waals surface area contributed by atoms with Gasteiger partial charge in [-0.05, 0) is 56.7 Å². The van der Waals surface area contributed by atoms with Crippen molar-refractivity contribution in [3.8, 4) is 11.5 Å². The predicted molar refractivity (Wildman–Crippen MR) is 120 cm³/mol. The number of rotatable bonds is 3. The fraction of sp³-hybridized carbons (Fsp3) is 0.391. The summed E-state index contributed by atoms with van der Waals surface area (Å²) in [5, 5.41) is 0. The number of aromatic nitrogens is 1. The predicted octanol–water partition coefficient (Wildman–Crippen LogP) is 5.31. The smallest absolute Gasteiger partial charge is 0.410 e. The highest BCUT2D eigenvalue weighted by atomic mass is 79.9. The van der Waals surface area contributed by atoms with Gasteiger partial charge in [0.2, 0.25) is 5.89 Å². The maximum Gasteiger partial charge on any atom is 0.410 e. The summed E-state index contributed by atoms with van der Waals surface area (Å²) < 4.78 is 12.3. The van der Waals surface area contributed by atoms with Gasteiger partial charge in [-0.1, -0.05) is 28.1 Å². The lowest BCUT2D eigenvalue weighted by Gasteiger charge is -2.35. The summed E-state index contributed by atoms with van der Waals surface area (Å²) in [7, 11) is 0. The maximum atomic E-state index is 12.2. The van der Waals surface area contributed by atoms with Gasteiger partial charge in [-0.2, -0.15) is 0 Å². The van der Waals surface area contributed by atoms with Gasteiger partial charge < -0.3 is 14.1 Å². The second-order valence-electron chi connectivity index (χ2n) is 8.57. The lowest BCUT2D eigenvalue weighted by Crippen LogP contribution is -2.49. The zero-order valence-electron chi connectivity index (χ0n) is 17.5. The number of benzene rings is 2. The van der Waals surface area contributed by atoms with E-state index in [0.717, 1.165) is 40.8 Å². The molecule has 1 aromatic heterocycles. The zero-order chi connectivity index (χ0) is 21.3. The van der Waals surface area contributed by atoms with Crippen LogP contribution in [0.3, 0.4) is 0 Å². The number of amides is 1. The second-order valence-corrected chi connectivity index (χ2v) is 9.49. The standard InChI is InChI=1S/C23H26BrN3O3/c1-23(2,3)30-22(28)27-12-10-26(11-13-27)15-16-4-6-17(7-5-16)21-25-19-9-8-18(24)14-20(19)29-21/h4-9,14H,10-13,15H2,1-3H3. The van der Waals surface area contributed by atoms with E-state index in [2.05, 4.69) is 37.9 Å². The number of carbonyl (C=O) groups excluding carboxylic acids is 1. The van der Waals surface area contributed by atoms with Crippen LogP contribution in [0.2, 0.25) is 0 Å². The molecule has 7 heteroatoms. The Balaban J connectivity index is 1.34. The van der Waals surface area contributed by atoms with Crippen LogP contribution in [0.1, 0.15) is 26.3 Å². The van der Waals surface area contributed by atoms with Crippen molar-refractivity contribution in [1.29, 1.82) is 0 Å². The van der Waals surface area contributed by atoms with Crippen LogP contribution in [0.15, 0.2) is 51.4 Å². The number of carbonyl (C=O) groups is 1. The molecule has 0 spiro atoms. The highest BCUT2D eigenvalue weighted by Gasteiger charge is 2.25. The molecule has 1 amide bonds. The van der Waals surface area contributed by atoms with E-state index in [1.54, 1.807) is 4.90 Å². The summed E-state index contributed by atoms with van der Waals surface area (Å²) in [5.41, 5.74) is 3.34. The lowest BCUT2D eigenvalue weighted by atomic mass is 10.1. The molecule has 1 aliphatic rings. The molecule has 1 fully saturated rings. The first-order valence-electron chi connectivity index (χ1n) is 10.1. The number of fused-ring (bicyclic) bond motifs is 1. The molecular formula is C23H26BrN3O3. The van der Waals surface area contributed by atoms with Crippen molar-refractivity contribution in [3.63, 3.8) is 0 Å². The molecule has 0 unspecified atom stereocenters. The molecule has 0 aliphatic carbocycles. The first-order chi connectivity index (χ1) is 14.3. The Morgan fingerprint density at radius 2 is 1.80 bits per heavy atom. The number of nitrogens with zero attached hydrogens (tertiary/aromatic N) is 3. The molecule has 1 saturated heterocycles. The molecule has 2 heterocycles. The zero-order valence-corrected chi connectivity index (χ0v) is 19.1. The maximum absolute atomic E-state index is 12.2. The molecule has 0 atom stereocenters. The average molecular weight is 472 g/mol. The van der Waals surface area contributed by atoms with Crippen molar-refractivity contribution >= 4 is 33.1 Å². The Labute approximate surface area is 184 Å². The fourth-order valence-electron chi connectivity index (χ4n) is 3.45. The molecule has 0 N–H and O–H groups in total. The van der Waals surface area contributed by atoms with Crippen LogP contribution < -0.4 is 0 Å². The molecular weight excluding hydrogens is 446 g/mol. The summed E-state index contributed by atoms with van der Waals surface area (Å²) >= 11 is 3.46. The Bertz CT molecular complexity index is 1030. The molecule has 0 saturated carbocycles. The van der Waals surface area contributed by atoms with Crippen LogP contribution in [0, 0.1) is 0 Å². The summed E-state index contributed by atoms with van der Waals surface area (Å²) in [4.78, 5) is 20.9. The van der Waals surface area contributed by atoms with E-state index < -0.39 is 5.60 Å². The van der Waals surface area contributed by atoms with Gasteiger partial charge in [-0.15, -0.1) is 0 Å². The second kappa shape index (κ2) is 8.40. The van der Waals surface area contributed by atoms with Crippen molar-refractivity contribution in [2.45, 2.75) is 32.9 Å². The molecule has 0 bridgehead atoms. The number of ether oxygens (including phenoxy) is 1. The molecule has 6 nitrogen and oxygen atoms in total. The van der Waals surface area contributed by atoms with Gasteiger partial charge in [0.25, 0.3) is 0 Å². The van der Waals surface area contributed by atoms with Gasteiger partial charge in [0, 0.05) is 42.8 Å². The number of hydrogen-bond donors (Lipinski definition) is 0. The molecule has 0 radical (unpaired) electrons.